The van der Waals surface area contributed by atoms with Crippen LogP contribution in [0.2, 0.25) is 5.02 Å². The number of ether oxygens (including phenoxy) is 2. The van der Waals surface area contributed by atoms with Gasteiger partial charge in [0.2, 0.25) is 5.88 Å². The minimum absolute atomic E-state index is 0.150. The lowest BCUT2D eigenvalue weighted by molar-refractivity contribution is 0.291. The number of aromatic nitrogens is 2. The van der Waals surface area contributed by atoms with E-state index in [4.69, 9.17) is 26.3 Å². The average Bonchev–Trinajstić information content (AvgIpc) is 3.23. The molecule has 9 heteroatoms. The lowest BCUT2D eigenvalue weighted by Gasteiger charge is -2.30. The van der Waals surface area contributed by atoms with Gasteiger partial charge in [-0.1, -0.05) is 17.7 Å². The van der Waals surface area contributed by atoms with Gasteiger partial charge in [-0.2, -0.15) is 15.5 Å². The fourth-order valence-corrected chi connectivity index (χ4v) is 4.65. The molecule has 1 aromatic heterocycles. The Morgan fingerprint density at radius 3 is 2.74 bits per heavy atom. The Morgan fingerprint density at radius 2 is 1.94 bits per heavy atom. The maximum absolute atomic E-state index is 12.5. The molecule has 5 rings (SSSR count). The van der Waals surface area contributed by atoms with Crippen molar-refractivity contribution in [1.29, 1.82) is 10.5 Å². The summed E-state index contributed by atoms with van der Waals surface area (Å²) < 4.78 is 13.3. The molecular weight excluding hydrogens is 454 g/mol. The summed E-state index contributed by atoms with van der Waals surface area (Å²) in [5, 5.41) is 18.9. The molecule has 1 atom stereocenters. The number of nitriles is 2. The number of piperidine rings is 1. The summed E-state index contributed by atoms with van der Waals surface area (Å²) in [4.78, 5) is 18.9. The molecule has 2 aromatic carbocycles. The lowest BCUT2D eigenvalue weighted by atomic mass is 10.0. The predicted octanol–water partition coefficient (Wildman–Crippen LogP) is 4.38. The van der Waals surface area contributed by atoms with Gasteiger partial charge in [0, 0.05) is 31.3 Å². The molecule has 2 aliphatic rings. The first-order chi connectivity index (χ1) is 16.6. The summed E-state index contributed by atoms with van der Waals surface area (Å²) >= 11 is 6.06. The van der Waals surface area contributed by atoms with E-state index in [0.29, 0.717) is 35.2 Å². The average molecular weight is 474 g/mol. The van der Waals surface area contributed by atoms with Crippen LogP contribution in [0.4, 0.5) is 5.82 Å². The van der Waals surface area contributed by atoms with Gasteiger partial charge in [0.1, 0.15) is 36.1 Å². The molecule has 0 bridgehead atoms. The molecule has 8 nitrogen and oxygen atoms in total. The van der Waals surface area contributed by atoms with Crippen LogP contribution in [0.1, 0.15) is 36.0 Å². The van der Waals surface area contributed by atoms with Crippen molar-refractivity contribution in [2.45, 2.75) is 38.5 Å². The summed E-state index contributed by atoms with van der Waals surface area (Å²) in [6.07, 6.45) is 3.38. The molecule has 3 heterocycles. The Hall–Kier alpha value is -4.01. The quantitative estimate of drug-likeness (QED) is 0.541. The molecule has 0 radical (unpaired) electrons. The summed E-state index contributed by atoms with van der Waals surface area (Å²) in [5.74, 6) is 1.91. The van der Waals surface area contributed by atoms with Crippen LogP contribution in [0.15, 0.2) is 47.3 Å². The Labute approximate surface area is 201 Å². The van der Waals surface area contributed by atoms with Crippen molar-refractivity contribution in [2.75, 3.05) is 11.4 Å². The normalized spacial score (nSPS) is 16.2. The number of halogens is 1. The molecule has 1 unspecified atom stereocenters. The van der Waals surface area contributed by atoms with Crippen LogP contribution < -0.4 is 20.1 Å². The van der Waals surface area contributed by atoms with Crippen LogP contribution in [0.25, 0.3) is 0 Å². The number of hydrogen-bond acceptors (Lipinski definition) is 7. The highest BCUT2D eigenvalue weighted by Gasteiger charge is 2.32. The number of nitrogens with zero attached hydrogens (tertiary/aromatic N) is 5. The Kier molecular flexibility index (Phi) is 5.83. The SMILES string of the molecule is N#Cc1ccc(Oc2ccc(COc3cc4n(c(=O)n3)CC3CCCCN43)cc2C#N)cc1Cl. The van der Waals surface area contributed by atoms with Crippen molar-refractivity contribution in [3.8, 4) is 29.5 Å². The summed E-state index contributed by atoms with van der Waals surface area (Å²) in [5.41, 5.74) is 1.10. The van der Waals surface area contributed by atoms with Crippen LogP contribution in [0.3, 0.4) is 0 Å². The minimum atomic E-state index is -0.301. The van der Waals surface area contributed by atoms with Crippen LogP contribution in [0, 0.1) is 22.7 Å². The van der Waals surface area contributed by atoms with Gasteiger partial charge in [0.25, 0.3) is 0 Å². The molecule has 0 spiro atoms. The van der Waals surface area contributed by atoms with Gasteiger partial charge >= 0.3 is 5.69 Å². The van der Waals surface area contributed by atoms with Gasteiger partial charge in [-0.05, 0) is 49.1 Å². The summed E-state index contributed by atoms with van der Waals surface area (Å²) in [6, 6.07) is 16.1. The lowest BCUT2D eigenvalue weighted by Crippen LogP contribution is -2.36. The second-order valence-corrected chi connectivity index (χ2v) is 8.68. The number of anilines is 1. The fraction of sp³-hybridized carbons (Fsp3) is 0.280. The van der Waals surface area contributed by atoms with Crippen LogP contribution >= 0.6 is 11.6 Å². The zero-order valence-electron chi connectivity index (χ0n) is 18.2. The first-order valence-corrected chi connectivity index (χ1v) is 11.4. The van der Waals surface area contributed by atoms with Crippen LogP contribution in [0.5, 0.6) is 17.4 Å². The second-order valence-electron chi connectivity index (χ2n) is 8.28. The standard InChI is InChI=1S/C25H20ClN5O3/c26-21-10-20(6-5-17(21)12-27)34-22-7-4-16(9-18(22)13-28)15-33-23-11-24-30-8-2-1-3-19(30)14-31(24)25(32)29-23/h4-7,9-11,19H,1-3,8,14-15H2. The Bertz CT molecular complexity index is 1410. The van der Waals surface area contributed by atoms with Crippen molar-refractivity contribution < 1.29 is 9.47 Å². The highest BCUT2D eigenvalue weighted by atomic mass is 35.5. The second kappa shape index (κ2) is 9.09. The third-order valence-electron chi connectivity index (χ3n) is 6.12. The maximum atomic E-state index is 12.5. The smallest absolute Gasteiger partial charge is 0.352 e. The predicted molar refractivity (Wildman–Crippen MR) is 125 cm³/mol. The van der Waals surface area contributed by atoms with Gasteiger partial charge in [0.15, 0.2) is 0 Å². The first kappa shape index (κ1) is 21.8. The topological polar surface area (TPSA) is 104 Å². The zero-order chi connectivity index (χ0) is 23.7. The maximum Gasteiger partial charge on any atom is 0.352 e. The van der Waals surface area contributed by atoms with E-state index in [1.54, 1.807) is 34.9 Å². The van der Waals surface area contributed by atoms with E-state index in [1.807, 2.05) is 12.1 Å². The van der Waals surface area contributed by atoms with E-state index in [0.717, 1.165) is 30.8 Å². The summed E-state index contributed by atoms with van der Waals surface area (Å²) in [7, 11) is 0. The van der Waals surface area contributed by atoms with Gasteiger partial charge in [-0.15, -0.1) is 0 Å². The number of rotatable bonds is 5. The zero-order valence-corrected chi connectivity index (χ0v) is 19.0. The molecule has 3 aromatic rings. The number of benzene rings is 2. The van der Waals surface area contributed by atoms with E-state index >= 15 is 0 Å². The van der Waals surface area contributed by atoms with Crippen molar-refractivity contribution >= 4 is 17.4 Å². The molecule has 1 fully saturated rings. The summed E-state index contributed by atoms with van der Waals surface area (Å²) in [6.45, 7) is 1.76. The molecule has 1 saturated heterocycles. The van der Waals surface area contributed by atoms with Crippen molar-refractivity contribution in [3.63, 3.8) is 0 Å². The van der Waals surface area contributed by atoms with E-state index in [2.05, 4.69) is 16.0 Å². The van der Waals surface area contributed by atoms with Crippen molar-refractivity contribution in [3.05, 3.63) is 74.7 Å². The molecular formula is C25H20ClN5O3. The van der Waals surface area contributed by atoms with E-state index in [-0.39, 0.29) is 23.2 Å². The van der Waals surface area contributed by atoms with Crippen LogP contribution in [-0.4, -0.2) is 22.1 Å². The van der Waals surface area contributed by atoms with Gasteiger partial charge < -0.3 is 14.4 Å². The van der Waals surface area contributed by atoms with Crippen molar-refractivity contribution in [1.82, 2.24) is 9.55 Å². The highest BCUT2D eigenvalue weighted by Crippen LogP contribution is 2.33. The molecule has 2 aliphatic heterocycles. The van der Waals surface area contributed by atoms with Gasteiger partial charge in [-0.3, -0.25) is 4.57 Å². The Morgan fingerprint density at radius 1 is 1.09 bits per heavy atom. The minimum Gasteiger partial charge on any atom is -0.473 e. The van der Waals surface area contributed by atoms with E-state index < -0.39 is 0 Å². The fourth-order valence-electron chi connectivity index (χ4n) is 4.44. The highest BCUT2D eigenvalue weighted by molar-refractivity contribution is 6.31. The Balaban J connectivity index is 1.31. The largest absolute Gasteiger partial charge is 0.473 e. The molecule has 170 valence electrons. The molecule has 0 aliphatic carbocycles. The van der Waals surface area contributed by atoms with E-state index in [1.165, 1.54) is 12.5 Å². The third kappa shape index (κ3) is 4.16. The monoisotopic (exact) mass is 473 g/mol. The molecule has 0 amide bonds. The van der Waals surface area contributed by atoms with Crippen molar-refractivity contribution in [2.24, 2.45) is 0 Å². The number of hydrogen-bond donors (Lipinski definition) is 0. The van der Waals surface area contributed by atoms with E-state index in [9.17, 15) is 10.1 Å². The third-order valence-corrected chi connectivity index (χ3v) is 6.43. The molecule has 0 N–H and O–H groups in total. The van der Waals surface area contributed by atoms with Gasteiger partial charge in [0.05, 0.1) is 16.1 Å². The first-order valence-electron chi connectivity index (χ1n) is 11.0. The molecule has 0 saturated carbocycles. The van der Waals surface area contributed by atoms with Gasteiger partial charge in [-0.25, -0.2) is 4.79 Å². The number of fused-ring (bicyclic) bond motifs is 3. The molecule has 34 heavy (non-hydrogen) atoms. The van der Waals surface area contributed by atoms with Crippen LogP contribution in [-0.2, 0) is 13.2 Å².